The second kappa shape index (κ2) is 5.54. The average molecular weight is 302 g/mol. The Kier molecular flexibility index (Phi) is 3.58. The maximum Gasteiger partial charge on any atom is 0.337 e. The Hall–Kier alpha value is -2.40. The largest absolute Gasteiger partial charge is 0.403 e. The molecule has 0 bridgehead atoms. The molecule has 3 rings (SSSR count). The van der Waals surface area contributed by atoms with E-state index in [9.17, 15) is 4.79 Å². The fourth-order valence-electron chi connectivity index (χ4n) is 2.14. The van der Waals surface area contributed by atoms with Gasteiger partial charge < -0.3 is 9.73 Å². The Balaban J connectivity index is 2.23. The van der Waals surface area contributed by atoms with Gasteiger partial charge in [0.05, 0.1) is 5.39 Å². The molecule has 0 fully saturated rings. The molecule has 1 N–H and O–H groups in total. The van der Waals surface area contributed by atoms with E-state index < -0.39 is 5.63 Å². The quantitative estimate of drug-likeness (QED) is 0.749. The first kappa shape index (κ1) is 13.6. The van der Waals surface area contributed by atoms with Crippen LogP contribution in [0.5, 0.6) is 0 Å². The van der Waals surface area contributed by atoms with E-state index in [0.717, 1.165) is 11.3 Å². The highest BCUT2D eigenvalue weighted by Crippen LogP contribution is 2.27. The number of fused-ring (bicyclic) bond motifs is 1. The molecule has 0 spiro atoms. The van der Waals surface area contributed by atoms with Crippen molar-refractivity contribution in [1.82, 2.24) is 9.97 Å². The third-order valence-corrected chi connectivity index (χ3v) is 3.25. The summed E-state index contributed by atoms with van der Waals surface area (Å²) in [6.07, 6.45) is 0.663. The van der Waals surface area contributed by atoms with Crippen LogP contribution in [0.2, 0.25) is 5.28 Å². The molecule has 0 radical (unpaired) electrons. The van der Waals surface area contributed by atoms with Crippen LogP contribution in [0.1, 0.15) is 12.5 Å². The summed E-state index contributed by atoms with van der Waals surface area (Å²) in [5.41, 5.74) is 1.43. The second-order valence-corrected chi connectivity index (χ2v) is 4.79. The van der Waals surface area contributed by atoms with Crippen LogP contribution >= 0.6 is 11.6 Å². The van der Waals surface area contributed by atoms with Gasteiger partial charge in [0.15, 0.2) is 0 Å². The molecule has 0 saturated heterocycles. The molecule has 106 valence electrons. The number of nitrogens with one attached hydrogen (secondary N) is 1. The van der Waals surface area contributed by atoms with E-state index >= 15 is 0 Å². The first-order chi connectivity index (χ1) is 10.2. The first-order valence-corrected chi connectivity index (χ1v) is 6.87. The molecule has 0 aliphatic carbocycles. The van der Waals surface area contributed by atoms with Crippen molar-refractivity contribution in [2.75, 3.05) is 5.32 Å². The smallest absolute Gasteiger partial charge is 0.337 e. The Bertz CT molecular complexity index is 847. The zero-order chi connectivity index (χ0) is 14.8. The lowest BCUT2D eigenvalue weighted by Crippen LogP contribution is -2.05. The van der Waals surface area contributed by atoms with E-state index in [1.54, 1.807) is 0 Å². The predicted octanol–water partition coefficient (Wildman–Crippen LogP) is 3.54. The van der Waals surface area contributed by atoms with Crippen LogP contribution < -0.4 is 10.9 Å². The number of hydrogen-bond donors (Lipinski definition) is 1. The predicted molar refractivity (Wildman–Crippen MR) is 82.2 cm³/mol. The fraction of sp³-hybridized carbons (Fsp3) is 0.133. The maximum absolute atomic E-state index is 11.6. The monoisotopic (exact) mass is 301 g/mol. The molecule has 0 saturated carbocycles. The van der Waals surface area contributed by atoms with Crippen LogP contribution in [0.25, 0.3) is 11.1 Å². The van der Waals surface area contributed by atoms with Gasteiger partial charge in [-0.1, -0.05) is 25.1 Å². The van der Waals surface area contributed by atoms with Crippen LogP contribution in [-0.4, -0.2) is 9.97 Å². The molecule has 0 atom stereocenters. The van der Waals surface area contributed by atoms with Crippen LogP contribution in [-0.2, 0) is 6.42 Å². The van der Waals surface area contributed by atoms with Crippen LogP contribution in [0.4, 0.5) is 11.5 Å². The highest BCUT2D eigenvalue weighted by molar-refractivity contribution is 6.28. The van der Waals surface area contributed by atoms with Gasteiger partial charge in [0.1, 0.15) is 5.82 Å². The molecule has 3 aromatic rings. The topological polar surface area (TPSA) is 68.0 Å². The normalized spacial score (nSPS) is 10.8. The van der Waals surface area contributed by atoms with E-state index in [-0.39, 0.29) is 11.0 Å². The van der Waals surface area contributed by atoms with E-state index in [1.165, 1.54) is 6.07 Å². The number of halogens is 1. The van der Waals surface area contributed by atoms with Crippen molar-refractivity contribution >= 4 is 34.2 Å². The first-order valence-electron chi connectivity index (χ1n) is 6.49. The summed E-state index contributed by atoms with van der Waals surface area (Å²) in [7, 11) is 0. The molecule has 2 heterocycles. The van der Waals surface area contributed by atoms with E-state index in [1.807, 2.05) is 37.3 Å². The van der Waals surface area contributed by atoms with Crippen molar-refractivity contribution in [3.63, 3.8) is 0 Å². The number of aryl methyl sites for hydroxylation is 1. The summed E-state index contributed by atoms with van der Waals surface area (Å²) in [5.74, 6) is 0.525. The van der Waals surface area contributed by atoms with E-state index in [4.69, 9.17) is 16.0 Å². The number of rotatable bonds is 3. The highest BCUT2D eigenvalue weighted by Gasteiger charge is 2.14. The summed E-state index contributed by atoms with van der Waals surface area (Å²) in [6, 6.07) is 11.0. The third kappa shape index (κ3) is 2.73. The lowest BCUT2D eigenvalue weighted by atomic mass is 10.1. The van der Waals surface area contributed by atoms with Gasteiger partial charge in [-0.2, -0.15) is 9.97 Å². The Morgan fingerprint density at radius 2 is 2.00 bits per heavy atom. The van der Waals surface area contributed by atoms with Crippen LogP contribution in [0.3, 0.4) is 0 Å². The molecule has 0 unspecified atom stereocenters. The molecule has 6 heteroatoms. The summed E-state index contributed by atoms with van der Waals surface area (Å²) < 4.78 is 5.13. The zero-order valence-electron chi connectivity index (χ0n) is 11.3. The standard InChI is InChI=1S/C15H12ClN3O2/c1-2-9-8-11(20)21-14-12(9)13(18-15(16)19-14)17-10-6-4-3-5-7-10/h3-8H,2H2,1H3,(H,17,18,19). The van der Waals surface area contributed by atoms with Gasteiger partial charge in [-0.05, 0) is 35.7 Å². The molecule has 2 aromatic heterocycles. The minimum atomic E-state index is -0.445. The van der Waals surface area contributed by atoms with Crippen molar-refractivity contribution in [3.05, 3.63) is 57.7 Å². The Labute approximate surface area is 125 Å². The summed E-state index contributed by atoms with van der Waals surface area (Å²) in [6.45, 7) is 1.95. The second-order valence-electron chi connectivity index (χ2n) is 4.46. The number of anilines is 2. The molecule has 0 aliphatic heterocycles. The van der Waals surface area contributed by atoms with Gasteiger partial charge >= 0.3 is 5.63 Å². The van der Waals surface area contributed by atoms with Gasteiger partial charge in [0.25, 0.3) is 0 Å². The summed E-state index contributed by atoms with van der Waals surface area (Å²) in [5, 5.41) is 3.88. The number of nitrogens with zero attached hydrogens (tertiary/aromatic N) is 2. The van der Waals surface area contributed by atoms with Crippen molar-refractivity contribution in [3.8, 4) is 0 Å². The molecular formula is C15H12ClN3O2. The molecular weight excluding hydrogens is 290 g/mol. The Morgan fingerprint density at radius 1 is 1.24 bits per heavy atom. The van der Waals surface area contributed by atoms with Gasteiger partial charge in [-0.25, -0.2) is 4.79 Å². The van der Waals surface area contributed by atoms with Crippen LogP contribution in [0.15, 0.2) is 45.6 Å². The number of para-hydroxylation sites is 1. The average Bonchev–Trinajstić information content (AvgIpc) is 2.46. The zero-order valence-corrected chi connectivity index (χ0v) is 12.0. The van der Waals surface area contributed by atoms with E-state index in [0.29, 0.717) is 17.6 Å². The fourth-order valence-corrected chi connectivity index (χ4v) is 2.31. The van der Waals surface area contributed by atoms with Crippen molar-refractivity contribution in [2.45, 2.75) is 13.3 Å². The van der Waals surface area contributed by atoms with E-state index in [2.05, 4.69) is 15.3 Å². The Morgan fingerprint density at radius 3 is 2.71 bits per heavy atom. The number of benzene rings is 1. The van der Waals surface area contributed by atoms with Gasteiger partial charge in [0, 0.05) is 11.8 Å². The SMILES string of the molecule is CCc1cc(=O)oc2nc(Cl)nc(Nc3ccccc3)c12. The minimum Gasteiger partial charge on any atom is -0.403 e. The molecule has 0 amide bonds. The lowest BCUT2D eigenvalue weighted by Gasteiger charge is -2.10. The van der Waals surface area contributed by atoms with Gasteiger partial charge in [-0.15, -0.1) is 0 Å². The minimum absolute atomic E-state index is 0.0253. The summed E-state index contributed by atoms with van der Waals surface area (Å²) in [4.78, 5) is 19.8. The van der Waals surface area contributed by atoms with Gasteiger partial charge in [-0.3, -0.25) is 0 Å². The molecule has 1 aromatic carbocycles. The summed E-state index contributed by atoms with van der Waals surface area (Å²) >= 11 is 5.91. The van der Waals surface area contributed by atoms with Crippen molar-refractivity contribution in [1.29, 1.82) is 0 Å². The van der Waals surface area contributed by atoms with Gasteiger partial charge in [0.2, 0.25) is 11.0 Å². The van der Waals surface area contributed by atoms with Crippen molar-refractivity contribution < 1.29 is 4.42 Å². The molecule has 0 aliphatic rings. The number of hydrogen-bond acceptors (Lipinski definition) is 5. The molecule has 5 nitrogen and oxygen atoms in total. The maximum atomic E-state index is 11.6. The third-order valence-electron chi connectivity index (χ3n) is 3.08. The highest BCUT2D eigenvalue weighted by atomic mass is 35.5. The number of aromatic nitrogens is 2. The van der Waals surface area contributed by atoms with Crippen LogP contribution in [0, 0.1) is 0 Å². The lowest BCUT2D eigenvalue weighted by molar-refractivity contribution is 0.547. The van der Waals surface area contributed by atoms with Crippen molar-refractivity contribution in [2.24, 2.45) is 0 Å². The molecule has 21 heavy (non-hydrogen) atoms.